The maximum Gasteiger partial charge on any atom is 0.316 e. The van der Waals surface area contributed by atoms with Crippen molar-refractivity contribution in [3.8, 4) is 5.75 Å². The smallest absolute Gasteiger partial charge is 0.316 e. The molecule has 2 rings (SSSR count). The minimum atomic E-state index is -0.753. The summed E-state index contributed by atoms with van der Waals surface area (Å²) in [5.74, 6) is -1.19. The van der Waals surface area contributed by atoms with E-state index in [-0.39, 0.29) is 31.4 Å². The summed E-state index contributed by atoms with van der Waals surface area (Å²) < 4.78 is 10.3. The zero-order valence-electron chi connectivity index (χ0n) is 13.4. The molecule has 6 nitrogen and oxygen atoms in total. The number of ether oxygens (including phenoxy) is 2. The summed E-state index contributed by atoms with van der Waals surface area (Å²) in [6.45, 7) is 4.07. The van der Waals surface area contributed by atoms with Crippen LogP contribution in [0.5, 0.6) is 5.75 Å². The van der Waals surface area contributed by atoms with Gasteiger partial charge in [-0.05, 0) is 32.4 Å². The van der Waals surface area contributed by atoms with Crippen LogP contribution in [0.2, 0.25) is 0 Å². The van der Waals surface area contributed by atoms with Gasteiger partial charge in [0.1, 0.15) is 11.7 Å². The van der Waals surface area contributed by atoms with Gasteiger partial charge in [0.2, 0.25) is 0 Å². The number of benzene rings is 1. The summed E-state index contributed by atoms with van der Waals surface area (Å²) in [5, 5.41) is 0. The van der Waals surface area contributed by atoms with E-state index in [1.807, 2.05) is 19.1 Å². The Hall–Kier alpha value is -2.37. The first-order valence-electron chi connectivity index (χ1n) is 7.68. The lowest BCUT2D eigenvalue weighted by Crippen LogP contribution is -2.48. The number of nitrogens with zero attached hydrogens (tertiary/aromatic N) is 1. The molecule has 1 atom stereocenters. The SMILES string of the molecule is CCOC(=O)C1CCN(C(=O)COc2ccc(C)cc2)CC1=O. The zero-order valence-corrected chi connectivity index (χ0v) is 13.4. The van der Waals surface area contributed by atoms with E-state index in [0.717, 1.165) is 5.56 Å². The van der Waals surface area contributed by atoms with E-state index < -0.39 is 11.9 Å². The number of carbonyl (C=O) groups is 3. The van der Waals surface area contributed by atoms with Gasteiger partial charge in [0.05, 0.1) is 13.2 Å². The van der Waals surface area contributed by atoms with Crippen molar-refractivity contribution in [3.63, 3.8) is 0 Å². The number of carbonyl (C=O) groups excluding carboxylic acids is 3. The van der Waals surface area contributed by atoms with E-state index in [1.54, 1.807) is 19.1 Å². The van der Waals surface area contributed by atoms with Gasteiger partial charge in [0.15, 0.2) is 12.4 Å². The van der Waals surface area contributed by atoms with Gasteiger partial charge in [-0.1, -0.05) is 17.7 Å². The lowest BCUT2D eigenvalue weighted by Gasteiger charge is -2.29. The number of piperidine rings is 1. The van der Waals surface area contributed by atoms with Crippen LogP contribution in [-0.2, 0) is 19.1 Å². The first kappa shape index (κ1) is 17.0. The Bertz CT molecular complexity index is 581. The van der Waals surface area contributed by atoms with Crippen molar-refractivity contribution in [2.45, 2.75) is 20.3 Å². The highest BCUT2D eigenvalue weighted by molar-refractivity contribution is 6.02. The van der Waals surface area contributed by atoms with Crippen LogP contribution in [-0.4, -0.2) is 48.9 Å². The van der Waals surface area contributed by atoms with Gasteiger partial charge in [-0.25, -0.2) is 0 Å². The van der Waals surface area contributed by atoms with Crippen LogP contribution in [0.25, 0.3) is 0 Å². The Morgan fingerprint density at radius 2 is 1.96 bits per heavy atom. The van der Waals surface area contributed by atoms with Crippen LogP contribution < -0.4 is 4.74 Å². The highest BCUT2D eigenvalue weighted by Gasteiger charge is 2.35. The summed E-state index contributed by atoms with van der Waals surface area (Å²) in [6.07, 6.45) is 0.300. The lowest BCUT2D eigenvalue weighted by atomic mass is 9.95. The van der Waals surface area contributed by atoms with Gasteiger partial charge in [-0.15, -0.1) is 0 Å². The fraction of sp³-hybridized carbons (Fsp3) is 0.471. The number of aryl methyl sites for hydroxylation is 1. The van der Waals surface area contributed by atoms with Crippen LogP contribution >= 0.6 is 0 Å². The van der Waals surface area contributed by atoms with E-state index in [2.05, 4.69) is 0 Å². The van der Waals surface area contributed by atoms with Crippen molar-refractivity contribution in [3.05, 3.63) is 29.8 Å². The molecule has 23 heavy (non-hydrogen) atoms. The van der Waals surface area contributed by atoms with E-state index in [4.69, 9.17) is 9.47 Å². The molecule has 1 aromatic carbocycles. The fourth-order valence-electron chi connectivity index (χ4n) is 2.40. The van der Waals surface area contributed by atoms with Crippen LogP contribution in [0.4, 0.5) is 0 Å². The first-order chi connectivity index (χ1) is 11.0. The summed E-state index contributed by atoms with van der Waals surface area (Å²) in [5.41, 5.74) is 1.11. The van der Waals surface area contributed by atoms with Gasteiger partial charge in [0.25, 0.3) is 5.91 Å². The second-order valence-electron chi connectivity index (χ2n) is 5.48. The van der Waals surface area contributed by atoms with E-state index in [0.29, 0.717) is 18.7 Å². The highest BCUT2D eigenvalue weighted by Crippen LogP contribution is 2.17. The van der Waals surface area contributed by atoms with Crippen LogP contribution in [0.15, 0.2) is 24.3 Å². The van der Waals surface area contributed by atoms with Crippen LogP contribution in [0, 0.1) is 12.8 Å². The average Bonchev–Trinajstić information content (AvgIpc) is 2.54. The second kappa shape index (κ2) is 7.76. The summed E-state index contributed by atoms with van der Waals surface area (Å²) in [4.78, 5) is 37.2. The fourth-order valence-corrected chi connectivity index (χ4v) is 2.40. The standard InChI is InChI=1S/C17H21NO5/c1-3-22-17(21)14-8-9-18(10-15(14)19)16(20)11-23-13-6-4-12(2)5-7-13/h4-7,14H,3,8-11H2,1-2H3. The Balaban J connectivity index is 1.84. The number of hydrogen-bond acceptors (Lipinski definition) is 5. The number of amides is 1. The molecule has 6 heteroatoms. The molecule has 1 aliphatic rings. The van der Waals surface area contributed by atoms with Gasteiger partial charge >= 0.3 is 5.97 Å². The van der Waals surface area contributed by atoms with Crippen molar-refractivity contribution in [2.24, 2.45) is 5.92 Å². The third-order valence-corrected chi connectivity index (χ3v) is 3.73. The van der Waals surface area contributed by atoms with E-state index in [1.165, 1.54) is 4.90 Å². The minimum absolute atomic E-state index is 0.0699. The molecule has 1 aromatic rings. The lowest BCUT2D eigenvalue weighted by molar-refractivity contribution is -0.156. The van der Waals surface area contributed by atoms with Crippen LogP contribution in [0.1, 0.15) is 18.9 Å². The molecular formula is C17H21NO5. The Morgan fingerprint density at radius 3 is 2.57 bits per heavy atom. The summed E-state index contributed by atoms with van der Waals surface area (Å²) in [6, 6.07) is 7.38. The molecule has 1 amide bonds. The van der Waals surface area contributed by atoms with Crippen molar-refractivity contribution < 1.29 is 23.9 Å². The number of esters is 1. The van der Waals surface area contributed by atoms with Gasteiger partial charge in [-0.3, -0.25) is 14.4 Å². The molecule has 0 saturated carbocycles. The van der Waals surface area contributed by atoms with E-state index in [9.17, 15) is 14.4 Å². The zero-order chi connectivity index (χ0) is 16.8. The third kappa shape index (κ3) is 4.55. The van der Waals surface area contributed by atoms with Crippen molar-refractivity contribution in [1.29, 1.82) is 0 Å². The number of Topliss-reactive ketones (excluding diaryl/α,β-unsaturated/α-hetero) is 1. The second-order valence-corrected chi connectivity index (χ2v) is 5.48. The summed E-state index contributed by atoms with van der Waals surface area (Å²) >= 11 is 0. The minimum Gasteiger partial charge on any atom is -0.484 e. The Morgan fingerprint density at radius 1 is 1.26 bits per heavy atom. The number of likely N-dealkylation sites (tertiary alicyclic amines) is 1. The monoisotopic (exact) mass is 319 g/mol. The Labute approximate surface area is 135 Å². The summed E-state index contributed by atoms with van der Waals surface area (Å²) in [7, 11) is 0. The maximum absolute atomic E-state index is 12.1. The molecule has 0 aliphatic carbocycles. The molecule has 1 saturated heterocycles. The molecule has 1 heterocycles. The number of rotatable bonds is 5. The van der Waals surface area contributed by atoms with Gasteiger partial charge < -0.3 is 14.4 Å². The molecule has 1 aliphatic heterocycles. The Kier molecular flexibility index (Phi) is 5.73. The third-order valence-electron chi connectivity index (χ3n) is 3.73. The largest absolute Gasteiger partial charge is 0.484 e. The number of hydrogen-bond donors (Lipinski definition) is 0. The predicted octanol–water partition coefficient (Wildman–Crippen LogP) is 1.35. The molecule has 124 valence electrons. The molecule has 0 bridgehead atoms. The molecule has 1 unspecified atom stereocenters. The quantitative estimate of drug-likeness (QED) is 0.605. The molecule has 0 aromatic heterocycles. The molecule has 0 radical (unpaired) electrons. The topological polar surface area (TPSA) is 72.9 Å². The molecule has 0 N–H and O–H groups in total. The van der Waals surface area contributed by atoms with Crippen molar-refractivity contribution >= 4 is 17.7 Å². The molecule has 0 spiro atoms. The predicted molar refractivity (Wildman–Crippen MR) is 83.0 cm³/mol. The van der Waals surface area contributed by atoms with Crippen molar-refractivity contribution in [1.82, 2.24) is 4.90 Å². The van der Waals surface area contributed by atoms with Gasteiger partial charge in [-0.2, -0.15) is 0 Å². The van der Waals surface area contributed by atoms with Crippen molar-refractivity contribution in [2.75, 3.05) is 26.3 Å². The first-order valence-corrected chi connectivity index (χ1v) is 7.68. The van der Waals surface area contributed by atoms with E-state index >= 15 is 0 Å². The molecular weight excluding hydrogens is 298 g/mol. The highest BCUT2D eigenvalue weighted by atomic mass is 16.5. The molecule has 1 fully saturated rings. The number of ketones is 1. The average molecular weight is 319 g/mol. The maximum atomic E-state index is 12.1. The normalized spacial score (nSPS) is 17.7. The van der Waals surface area contributed by atoms with Gasteiger partial charge in [0, 0.05) is 6.54 Å². The van der Waals surface area contributed by atoms with Crippen LogP contribution in [0.3, 0.4) is 0 Å².